The van der Waals surface area contributed by atoms with Gasteiger partial charge in [0.05, 0.1) is 39.9 Å². The number of nitrogens with one attached hydrogen (secondary N) is 1. The van der Waals surface area contributed by atoms with Crippen molar-refractivity contribution in [3.63, 3.8) is 0 Å². The predicted octanol–water partition coefficient (Wildman–Crippen LogP) is 4.66. The zero-order chi connectivity index (χ0) is 22.8. The zero-order valence-corrected chi connectivity index (χ0v) is 19.8. The summed E-state index contributed by atoms with van der Waals surface area (Å²) >= 11 is 0. The highest BCUT2D eigenvalue weighted by atomic mass is 35.5. The number of benzene rings is 3. The number of piperazine rings is 1. The van der Waals surface area contributed by atoms with E-state index in [1.807, 2.05) is 18.2 Å². The highest BCUT2D eigenvalue weighted by Crippen LogP contribution is 2.39. The van der Waals surface area contributed by atoms with E-state index in [4.69, 9.17) is 4.42 Å². The first-order chi connectivity index (χ1) is 16.1. The molecule has 1 N–H and O–H groups in total. The monoisotopic (exact) mass is 494 g/mol. The fourth-order valence-corrected chi connectivity index (χ4v) is 5.62. The Bertz CT molecular complexity index is 1440. The van der Waals surface area contributed by atoms with Crippen LogP contribution in [0.1, 0.15) is 5.56 Å². The van der Waals surface area contributed by atoms with Crippen molar-refractivity contribution in [3.05, 3.63) is 84.6 Å². The number of halogens is 1. The maximum Gasteiger partial charge on any atom is 0.268 e. The molecule has 0 amide bonds. The number of anilines is 3. The normalized spacial score (nSPS) is 13.8. The van der Waals surface area contributed by atoms with Crippen LogP contribution in [0.4, 0.5) is 17.1 Å². The van der Waals surface area contributed by atoms with Crippen LogP contribution in [0.3, 0.4) is 0 Å². The molecule has 9 heteroatoms. The molecule has 7 nitrogen and oxygen atoms in total. The van der Waals surface area contributed by atoms with Crippen molar-refractivity contribution < 1.29 is 12.8 Å². The molecule has 174 valence electrons. The third-order valence-corrected chi connectivity index (χ3v) is 7.47. The molecule has 0 bridgehead atoms. The Morgan fingerprint density at radius 1 is 0.941 bits per heavy atom. The second-order valence-corrected chi connectivity index (χ2v) is 9.57. The van der Waals surface area contributed by atoms with Crippen LogP contribution in [-0.4, -0.2) is 34.6 Å². The maximum atomic E-state index is 13.9. The Morgan fingerprint density at radius 2 is 1.71 bits per heavy atom. The Kier molecular flexibility index (Phi) is 6.80. The SMILES string of the molecule is Cl.N#Cc1cccc(N(c2cc(N3CCNCC3)c3occc3c2)S(=O)(=O)c2ccccc2)c1. The van der Waals surface area contributed by atoms with Gasteiger partial charge in [-0.25, -0.2) is 12.7 Å². The van der Waals surface area contributed by atoms with Crippen molar-refractivity contribution >= 4 is 50.5 Å². The number of hydrogen-bond donors (Lipinski definition) is 1. The van der Waals surface area contributed by atoms with Gasteiger partial charge in [-0.05, 0) is 48.5 Å². The number of hydrogen-bond acceptors (Lipinski definition) is 6. The molecule has 1 aliphatic rings. The van der Waals surface area contributed by atoms with Crippen molar-refractivity contribution in [2.24, 2.45) is 0 Å². The smallest absolute Gasteiger partial charge is 0.268 e. The Morgan fingerprint density at radius 3 is 2.44 bits per heavy atom. The lowest BCUT2D eigenvalue weighted by Crippen LogP contribution is -2.43. The summed E-state index contributed by atoms with van der Waals surface area (Å²) in [6, 6.07) is 22.6. The van der Waals surface area contributed by atoms with Gasteiger partial charge in [0.15, 0.2) is 5.58 Å². The number of rotatable bonds is 5. The average molecular weight is 495 g/mol. The zero-order valence-electron chi connectivity index (χ0n) is 18.2. The third-order valence-electron chi connectivity index (χ3n) is 5.70. The minimum atomic E-state index is -3.97. The molecular formula is C25H23ClN4O3S. The molecule has 0 radical (unpaired) electrons. The van der Waals surface area contributed by atoms with Crippen molar-refractivity contribution in [1.29, 1.82) is 5.26 Å². The van der Waals surface area contributed by atoms with E-state index in [1.54, 1.807) is 60.9 Å². The van der Waals surface area contributed by atoms with Gasteiger partial charge < -0.3 is 14.6 Å². The van der Waals surface area contributed by atoms with E-state index in [0.717, 1.165) is 42.8 Å². The van der Waals surface area contributed by atoms with Crippen LogP contribution < -0.4 is 14.5 Å². The lowest BCUT2D eigenvalue weighted by molar-refractivity contribution is 0.579. The van der Waals surface area contributed by atoms with E-state index in [-0.39, 0.29) is 17.3 Å². The van der Waals surface area contributed by atoms with Gasteiger partial charge in [0.25, 0.3) is 10.0 Å². The molecule has 0 spiro atoms. The fourth-order valence-electron chi connectivity index (χ4n) is 4.13. The van der Waals surface area contributed by atoms with Gasteiger partial charge in [-0.3, -0.25) is 0 Å². The quantitative estimate of drug-likeness (QED) is 0.434. The summed E-state index contributed by atoms with van der Waals surface area (Å²) < 4.78 is 34.9. The second kappa shape index (κ2) is 9.77. The highest BCUT2D eigenvalue weighted by molar-refractivity contribution is 7.93. The van der Waals surface area contributed by atoms with Crippen molar-refractivity contribution in [2.45, 2.75) is 4.90 Å². The minimum Gasteiger partial charge on any atom is -0.462 e. The van der Waals surface area contributed by atoms with E-state index in [0.29, 0.717) is 16.9 Å². The van der Waals surface area contributed by atoms with Crippen molar-refractivity contribution in [3.8, 4) is 6.07 Å². The van der Waals surface area contributed by atoms with Crippen LogP contribution in [0.15, 0.2) is 88.4 Å². The Balaban J connectivity index is 0.00000274. The molecule has 0 atom stereocenters. The largest absolute Gasteiger partial charge is 0.462 e. The topological polar surface area (TPSA) is 89.6 Å². The third kappa shape index (κ3) is 4.33. The van der Waals surface area contributed by atoms with Crippen LogP contribution in [-0.2, 0) is 10.0 Å². The molecule has 4 aromatic rings. The van der Waals surface area contributed by atoms with E-state index in [9.17, 15) is 13.7 Å². The summed E-state index contributed by atoms with van der Waals surface area (Å²) in [5.74, 6) is 0. The first-order valence-corrected chi connectivity index (χ1v) is 12.1. The molecule has 0 saturated carbocycles. The van der Waals surface area contributed by atoms with Crippen LogP contribution in [0.25, 0.3) is 11.0 Å². The van der Waals surface area contributed by atoms with Crippen LogP contribution in [0, 0.1) is 11.3 Å². The molecule has 3 aromatic carbocycles. The summed E-state index contributed by atoms with van der Waals surface area (Å²) in [6.45, 7) is 3.24. The first kappa shape index (κ1) is 23.6. The van der Waals surface area contributed by atoms with Crippen LogP contribution in [0.2, 0.25) is 0 Å². The highest BCUT2D eigenvalue weighted by Gasteiger charge is 2.29. The van der Waals surface area contributed by atoms with Crippen LogP contribution in [0.5, 0.6) is 0 Å². The second-order valence-electron chi connectivity index (χ2n) is 7.79. The molecule has 2 heterocycles. The molecule has 5 rings (SSSR count). The lowest BCUT2D eigenvalue weighted by Gasteiger charge is -2.31. The summed E-state index contributed by atoms with van der Waals surface area (Å²) in [7, 11) is -3.97. The van der Waals surface area contributed by atoms with E-state index in [1.165, 1.54) is 4.31 Å². The standard InChI is InChI=1S/C25H22N4O3S.ClH/c26-18-19-5-4-6-21(15-19)29(33(30,31)23-7-2-1-3-8-23)22-16-20-9-14-32-25(20)24(17-22)28-12-10-27-11-13-28;/h1-9,14-17,27H,10-13H2;1H. The lowest BCUT2D eigenvalue weighted by atomic mass is 10.1. The van der Waals surface area contributed by atoms with E-state index >= 15 is 0 Å². The summed E-state index contributed by atoms with van der Waals surface area (Å²) in [5.41, 5.74) is 2.83. The van der Waals surface area contributed by atoms with Gasteiger partial charge in [0.2, 0.25) is 0 Å². The maximum absolute atomic E-state index is 13.9. The van der Waals surface area contributed by atoms with Gasteiger partial charge in [-0.2, -0.15) is 5.26 Å². The van der Waals surface area contributed by atoms with Crippen molar-refractivity contribution in [2.75, 3.05) is 35.4 Å². The number of sulfonamides is 1. The summed E-state index contributed by atoms with van der Waals surface area (Å²) in [5, 5.41) is 13.6. The number of nitriles is 1. The number of furan rings is 1. The Hall–Kier alpha value is -3.51. The minimum absolute atomic E-state index is 0. The fraction of sp³-hybridized carbons (Fsp3) is 0.160. The molecule has 34 heavy (non-hydrogen) atoms. The molecule has 1 aromatic heterocycles. The van der Waals surface area contributed by atoms with Crippen LogP contribution >= 0.6 is 12.4 Å². The Labute approximate surface area is 204 Å². The van der Waals surface area contributed by atoms with Gasteiger partial charge in [-0.1, -0.05) is 24.3 Å². The first-order valence-electron chi connectivity index (χ1n) is 10.7. The van der Waals surface area contributed by atoms with Gasteiger partial charge in [0, 0.05) is 31.6 Å². The predicted molar refractivity (Wildman–Crippen MR) is 135 cm³/mol. The molecule has 0 aliphatic carbocycles. The molecule has 1 saturated heterocycles. The summed E-state index contributed by atoms with van der Waals surface area (Å²) in [6.07, 6.45) is 1.62. The van der Waals surface area contributed by atoms with E-state index in [2.05, 4.69) is 16.3 Å². The summed E-state index contributed by atoms with van der Waals surface area (Å²) in [4.78, 5) is 2.37. The van der Waals surface area contributed by atoms with Gasteiger partial charge in [-0.15, -0.1) is 12.4 Å². The number of nitrogens with zero attached hydrogens (tertiary/aromatic N) is 3. The molecule has 1 fully saturated rings. The molecular weight excluding hydrogens is 472 g/mol. The van der Waals surface area contributed by atoms with E-state index < -0.39 is 10.0 Å². The molecule has 0 unspecified atom stereocenters. The average Bonchev–Trinajstić information content (AvgIpc) is 3.33. The molecule has 1 aliphatic heterocycles. The van der Waals surface area contributed by atoms with Gasteiger partial charge >= 0.3 is 0 Å². The van der Waals surface area contributed by atoms with Gasteiger partial charge in [0.1, 0.15) is 0 Å². The number of fused-ring (bicyclic) bond motifs is 1. The van der Waals surface area contributed by atoms with Crippen molar-refractivity contribution in [1.82, 2.24) is 5.32 Å².